The number of carboxylic acids is 1. The molecule has 1 heterocycles. The molecule has 4 amide bonds. The van der Waals surface area contributed by atoms with Crippen molar-refractivity contribution < 1.29 is 76.4 Å². The van der Waals surface area contributed by atoms with E-state index in [-0.39, 0.29) is 50.3 Å². The van der Waals surface area contributed by atoms with E-state index in [9.17, 15) is 62.5 Å². The number of amides is 4. The number of carbonyl (C=O) groups is 9. The molecular weight excluding hydrogens is 847 g/mol. The number of phenolic OH excluding ortho intramolecular Hbond substituents is 1. The van der Waals surface area contributed by atoms with Gasteiger partial charge in [0.25, 0.3) is 5.91 Å². The van der Waals surface area contributed by atoms with Crippen LogP contribution in [0.5, 0.6) is 5.75 Å². The molecule has 0 saturated carbocycles. The third kappa shape index (κ3) is 12.2. The number of rotatable bonds is 20. The number of halogens is 1. The molecule has 0 bridgehead atoms. The SMILES string of the molecule is COC(=O)CC[C@H](NC(=O)[C@H](CC(=O)OC)NC(=O)c1ccc(C(=O)O)c(-c2c3ccc(=O)cc-3oc3cc(O)ccc23)c1)C(=O)N[C@H](C(=O)N[C@H](CC(=O)OC)C(=O)CF)C(C)C. The van der Waals surface area contributed by atoms with Crippen LogP contribution >= 0.6 is 0 Å². The molecule has 0 fully saturated rings. The second-order valence-electron chi connectivity index (χ2n) is 14.5. The van der Waals surface area contributed by atoms with Crippen LogP contribution in [-0.4, -0.2) is 116 Å². The summed E-state index contributed by atoms with van der Waals surface area (Å²) < 4.78 is 33.1. The van der Waals surface area contributed by atoms with E-state index >= 15 is 0 Å². The van der Waals surface area contributed by atoms with Crippen molar-refractivity contribution in [3.05, 3.63) is 75.9 Å². The largest absolute Gasteiger partial charge is 0.508 e. The van der Waals surface area contributed by atoms with Gasteiger partial charge in [0.1, 0.15) is 47.9 Å². The minimum absolute atomic E-state index is 0.0300. The van der Waals surface area contributed by atoms with Crippen molar-refractivity contribution in [3.8, 4) is 28.2 Å². The van der Waals surface area contributed by atoms with Crippen molar-refractivity contribution in [2.24, 2.45) is 5.92 Å². The van der Waals surface area contributed by atoms with E-state index in [1.807, 2.05) is 0 Å². The number of aromatic hydroxyl groups is 1. The van der Waals surface area contributed by atoms with Crippen LogP contribution in [0.25, 0.3) is 33.4 Å². The number of alkyl halides is 1. The van der Waals surface area contributed by atoms with Gasteiger partial charge in [0.2, 0.25) is 17.7 Å². The summed E-state index contributed by atoms with van der Waals surface area (Å²) in [6.45, 7) is 1.47. The summed E-state index contributed by atoms with van der Waals surface area (Å²) in [4.78, 5) is 129. The van der Waals surface area contributed by atoms with Gasteiger partial charge in [-0.15, -0.1) is 0 Å². The number of Topliss-reactive ketones (excluding diaryl/α,β-unsaturated/α-hetero) is 1. The van der Waals surface area contributed by atoms with Crippen molar-refractivity contribution >= 4 is 64.3 Å². The normalized spacial score (nSPS) is 12.9. The molecule has 0 saturated heterocycles. The number of esters is 3. The number of phenols is 1. The third-order valence-electron chi connectivity index (χ3n) is 9.86. The minimum atomic E-state index is -1.79. The highest BCUT2D eigenvalue weighted by atomic mass is 19.1. The highest BCUT2D eigenvalue weighted by Gasteiger charge is 2.35. The first kappa shape index (κ1) is 49.0. The van der Waals surface area contributed by atoms with Crippen LogP contribution in [0.4, 0.5) is 4.39 Å². The van der Waals surface area contributed by atoms with E-state index in [4.69, 9.17) is 9.15 Å². The number of nitrogens with one attached hydrogen (secondary N) is 4. The second-order valence-corrected chi connectivity index (χ2v) is 14.5. The molecule has 1 aliphatic carbocycles. The van der Waals surface area contributed by atoms with E-state index in [1.54, 1.807) is 0 Å². The van der Waals surface area contributed by atoms with Gasteiger partial charge in [-0.05, 0) is 60.4 Å². The third-order valence-corrected chi connectivity index (χ3v) is 9.86. The Bertz CT molecular complexity index is 2500. The van der Waals surface area contributed by atoms with E-state index in [1.165, 1.54) is 50.2 Å². The summed E-state index contributed by atoms with van der Waals surface area (Å²) in [5.41, 5.74) is -0.475. The molecule has 0 radical (unpaired) electrons. The fraction of sp³-hybridized carbons (Fsp3) is 0.349. The van der Waals surface area contributed by atoms with Crippen LogP contribution in [0.3, 0.4) is 0 Å². The van der Waals surface area contributed by atoms with Gasteiger partial charge in [-0.3, -0.25) is 43.2 Å². The summed E-state index contributed by atoms with van der Waals surface area (Å²) >= 11 is 0. The van der Waals surface area contributed by atoms with Crippen molar-refractivity contribution in [1.29, 1.82) is 0 Å². The standard InChI is InChI=1S/C43H45FN4O16/c1-20(2)38(42(58)46-29(31(51)19-44)17-35(53)62-4)48-40(56)28(12-13-34(52)61-3)45-41(57)30(18-36(54)63-5)47-39(55)21-6-9-24(43(59)60)27(14-21)37-25-10-7-22(49)15-32(25)64-33-16-23(50)8-11-26(33)37/h6-11,14-16,20,28-30,38,49H,12-13,17-19H2,1-5H3,(H,45,57)(H,46,58)(H,47,55)(H,48,56)(H,59,60)/t28-,29+,30-,38-/m0/s1. The minimum Gasteiger partial charge on any atom is -0.508 e. The Morgan fingerprint density at radius 2 is 1.33 bits per heavy atom. The predicted molar refractivity (Wildman–Crippen MR) is 221 cm³/mol. The first-order valence-corrected chi connectivity index (χ1v) is 19.4. The van der Waals surface area contributed by atoms with Gasteiger partial charge in [-0.1, -0.05) is 13.8 Å². The number of fused-ring (bicyclic) bond motifs is 2. The molecule has 2 aromatic carbocycles. The highest BCUT2D eigenvalue weighted by Crippen LogP contribution is 2.42. The molecular formula is C43H45FN4O16. The molecule has 1 aliphatic heterocycles. The zero-order valence-corrected chi connectivity index (χ0v) is 35.1. The van der Waals surface area contributed by atoms with Crippen LogP contribution in [-0.2, 0) is 47.8 Å². The Labute approximate surface area is 363 Å². The Kier molecular flexibility index (Phi) is 16.7. The summed E-state index contributed by atoms with van der Waals surface area (Å²) in [6, 6.07) is 4.67. The van der Waals surface area contributed by atoms with Gasteiger partial charge in [-0.25, -0.2) is 9.18 Å². The van der Waals surface area contributed by atoms with Gasteiger partial charge < -0.3 is 50.1 Å². The second kappa shape index (κ2) is 21.9. The summed E-state index contributed by atoms with van der Waals surface area (Å²) in [6.07, 6.45) is -2.43. The zero-order chi connectivity index (χ0) is 47.4. The zero-order valence-electron chi connectivity index (χ0n) is 35.1. The Hall–Kier alpha value is -7.71. The van der Waals surface area contributed by atoms with Crippen molar-refractivity contribution in [3.63, 3.8) is 0 Å². The Morgan fingerprint density at radius 3 is 1.94 bits per heavy atom. The lowest BCUT2D eigenvalue weighted by Gasteiger charge is -2.27. The molecule has 21 heteroatoms. The van der Waals surface area contributed by atoms with Gasteiger partial charge >= 0.3 is 23.9 Å². The lowest BCUT2D eigenvalue weighted by molar-refractivity contribution is -0.144. The molecule has 4 rings (SSSR count). The number of benzene rings is 3. The summed E-state index contributed by atoms with van der Waals surface area (Å²) in [7, 11) is 3.09. The number of carboxylic acid groups (broad SMARTS) is 1. The molecule has 0 spiro atoms. The van der Waals surface area contributed by atoms with Crippen molar-refractivity contribution in [2.45, 2.75) is 63.7 Å². The maximum atomic E-state index is 14.0. The lowest BCUT2D eigenvalue weighted by Crippen LogP contribution is -2.59. The first-order chi connectivity index (χ1) is 30.3. The number of hydrogen-bond acceptors (Lipinski definition) is 15. The van der Waals surface area contributed by atoms with Crippen molar-refractivity contribution in [2.75, 3.05) is 28.0 Å². The molecule has 6 N–H and O–H groups in total. The van der Waals surface area contributed by atoms with E-state index in [0.717, 1.165) is 39.5 Å². The predicted octanol–water partition coefficient (Wildman–Crippen LogP) is 1.80. The van der Waals surface area contributed by atoms with Gasteiger partial charge in [-0.2, -0.15) is 0 Å². The highest BCUT2D eigenvalue weighted by molar-refractivity contribution is 6.10. The molecule has 2 aliphatic rings. The van der Waals surface area contributed by atoms with E-state index in [2.05, 4.69) is 30.7 Å². The number of carbonyl (C=O) groups excluding carboxylic acids is 8. The lowest BCUT2D eigenvalue weighted by atomic mass is 9.89. The van der Waals surface area contributed by atoms with Crippen LogP contribution in [0.15, 0.2) is 63.8 Å². The number of methoxy groups -OCH3 is 3. The van der Waals surface area contributed by atoms with Gasteiger partial charge in [0, 0.05) is 40.6 Å². The summed E-state index contributed by atoms with van der Waals surface area (Å²) in [5, 5.41) is 30.1. The maximum Gasteiger partial charge on any atom is 0.336 e. The van der Waals surface area contributed by atoms with Crippen LogP contribution in [0, 0.1) is 5.92 Å². The molecule has 2 aromatic rings. The number of ether oxygens (including phenoxy) is 3. The molecule has 0 unspecified atom stereocenters. The molecule has 340 valence electrons. The fourth-order valence-corrected chi connectivity index (χ4v) is 6.47. The number of aromatic carboxylic acids is 1. The van der Waals surface area contributed by atoms with Crippen molar-refractivity contribution in [1.82, 2.24) is 21.3 Å². The molecule has 0 aromatic heterocycles. The summed E-state index contributed by atoms with van der Waals surface area (Å²) in [5.74, 6) is -10.4. The Balaban J connectivity index is 1.69. The number of ketones is 1. The fourth-order valence-electron chi connectivity index (χ4n) is 6.47. The topological polar surface area (TPSA) is 300 Å². The van der Waals surface area contributed by atoms with Gasteiger partial charge in [0.15, 0.2) is 11.2 Å². The molecule has 64 heavy (non-hydrogen) atoms. The molecule has 4 atom stereocenters. The van der Waals surface area contributed by atoms with Crippen LogP contribution in [0.2, 0.25) is 0 Å². The smallest absolute Gasteiger partial charge is 0.336 e. The van der Waals surface area contributed by atoms with E-state index in [0.29, 0.717) is 0 Å². The van der Waals surface area contributed by atoms with Gasteiger partial charge in [0.05, 0.1) is 39.7 Å². The van der Waals surface area contributed by atoms with Crippen LogP contribution in [0.1, 0.15) is 60.2 Å². The maximum absolute atomic E-state index is 14.0. The first-order valence-electron chi connectivity index (χ1n) is 19.4. The quantitative estimate of drug-likeness (QED) is 0.0419. The number of hydrogen-bond donors (Lipinski definition) is 6. The molecule has 20 nitrogen and oxygen atoms in total. The average Bonchev–Trinajstić information content (AvgIpc) is 3.26. The Morgan fingerprint density at radius 1 is 0.703 bits per heavy atom. The monoisotopic (exact) mass is 892 g/mol. The van der Waals surface area contributed by atoms with Crippen LogP contribution < -0.4 is 26.7 Å². The average molecular weight is 893 g/mol. The van der Waals surface area contributed by atoms with E-state index < -0.39 is 121 Å².